The molecule has 0 aromatic rings. The molecule has 3 aliphatic rings. The van der Waals surface area contributed by atoms with Gasteiger partial charge in [-0.15, -0.1) is 6.58 Å². The zero-order valence-electron chi connectivity index (χ0n) is 17.3. The van der Waals surface area contributed by atoms with Crippen molar-refractivity contribution in [2.24, 2.45) is 22.7 Å². The quantitative estimate of drug-likeness (QED) is 0.602. The van der Waals surface area contributed by atoms with E-state index in [1.807, 2.05) is 13.8 Å². The van der Waals surface area contributed by atoms with Gasteiger partial charge in [0.05, 0.1) is 23.9 Å². The summed E-state index contributed by atoms with van der Waals surface area (Å²) in [6, 6.07) is 0. The number of hydrogen-bond donors (Lipinski definition) is 1. The van der Waals surface area contributed by atoms with Crippen LogP contribution in [0.25, 0.3) is 0 Å². The molecule has 1 aliphatic heterocycles. The maximum atomic E-state index is 13.4. The van der Waals surface area contributed by atoms with Crippen molar-refractivity contribution in [2.75, 3.05) is 6.61 Å². The van der Waals surface area contributed by atoms with Gasteiger partial charge in [-0.3, -0.25) is 9.59 Å². The highest BCUT2D eigenvalue weighted by atomic mass is 16.5. The molecule has 1 saturated heterocycles. The van der Waals surface area contributed by atoms with Crippen LogP contribution in [0, 0.1) is 22.7 Å². The average molecular weight is 379 g/mol. The molecule has 0 aromatic carbocycles. The van der Waals surface area contributed by atoms with Crippen LogP contribution in [0.1, 0.15) is 66.7 Å². The van der Waals surface area contributed by atoms with Crippen LogP contribution in [0.4, 0.5) is 0 Å². The monoisotopic (exact) mass is 378 g/mol. The van der Waals surface area contributed by atoms with Gasteiger partial charge in [-0.25, -0.2) is 0 Å². The number of aliphatic hydroxyl groups excluding tert-OH is 1. The highest BCUT2D eigenvalue weighted by Crippen LogP contribution is 2.64. The smallest absolute Gasteiger partial charge is 0.302 e. The Morgan fingerprint density at radius 3 is 2.59 bits per heavy atom. The summed E-state index contributed by atoms with van der Waals surface area (Å²) in [4.78, 5) is 24.8. The minimum Gasteiger partial charge on any atom is -0.465 e. The lowest BCUT2D eigenvalue weighted by Crippen LogP contribution is -2.69. The zero-order valence-corrected chi connectivity index (χ0v) is 17.3. The molecule has 0 amide bonds. The molecule has 3 rings (SSSR count). The second kappa shape index (κ2) is 6.41. The Labute approximate surface area is 162 Å². The lowest BCUT2D eigenvalue weighted by atomic mass is 9.43. The van der Waals surface area contributed by atoms with Gasteiger partial charge in [0.2, 0.25) is 0 Å². The van der Waals surface area contributed by atoms with E-state index in [4.69, 9.17) is 9.47 Å². The number of ether oxygens (including phenoxy) is 2. The highest BCUT2D eigenvalue weighted by Gasteiger charge is 2.67. The molecule has 2 saturated carbocycles. The van der Waals surface area contributed by atoms with E-state index < -0.39 is 22.7 Å². The van der Waals surface area contributed by atoms with Crippen molar-refractivity contribution >= 4 is 11.8 Å². The van der Waals surface area contributed by atoms with E-state index in [0.717, 1.165) is 19.3 Å². The van der Waals surface area contributed by atoms with Crippen LogP contribution in [0.5, 0.6) is 0 Å². The van der Waals surface area contributed by atoms with Crippen LogP contribution < -0.4 is 0 Å². The first kappa shape index (κ1) is 20.5. The van der Waals surface area contributed by atoms with Crippen molar-refractivity contribution in [1.29, 1.82) is 0 Å². The summed E-state index contributed by atoms with van der Waals surface area (Å²) < 4.78 is 11.8. The van der Waals surface area contributed by atoms with Crippen LogP contribution in [0.3, 0.4) is 0 Å². The maximum absolute atomic E-state index is 13.4. The Balaban J connectivity index is 2.02. The fraction of sp³-hybridized carbons (Fsp3) is 0.818. The second-order valence-corrected chi connectivity index (χ2v) is 10.1. The molecular formula is C22H34O5. The Morgan fingerprint density at radius 2 is 2.00 bits per heavy atom. The summed E-state index contributed by atoms with van der Waals surface area (Å²) in [5.41, 5.74) is -2.15. The number of fused-ring (bicyclic) bond motifs is 3. The third-order valence-electron chi connectivity index (χ3n) is 7.54. The predicted octanol–water partition coefficient (Wildman–Crippen LogP) is 3.44. The molecule has 1 N–H and O–H groups in total. The van der Waals surface area contributed by atoms with Gasteiger partial charge in [0, 0.05) is 37.0 Å². The summed E-state index contributed by atoms with van der Waals surface area (Å²) >= 11 is 0. The highest BCUT2D eigenvalue weighted by molar-refractivity contribution is 5.85. The molecule has 3 fully saturated rings. The molecular weight excluding hydrogens is 344 g/mol. The Bertz CT molecular complexity index is 659. The third kappa shape index (κ3) is 3.17. The van der Waals surface area contributed by atoms with Gasteiger partial charge in [-0.05, 0) is 32.1 Å². The van der Waals surface area contributed by atoms with Crippen molar-refractivity contribution in [3.8, 4) is 0 Å². The van der Waals surface area contributed by atoms with Crippen molar-refractivity contribution in [1.82, 2.24) is 0 Å². The lowest BCUT2D eigenvalue weighted by Gasteiger charge is -2.65. The SMILES string of the molecule is C=C[C@@]1(C)C[C@H](O)C2[C@]3(C)CCCC(C)(COC(C)=O)[C@@H]3C(=O)C[C@]2(C)O1. The summed E-state index contributed by atoms with van der Waals surface area (Å²) in [7, 11) is 0. The van der Waals surface area contributed by atoms with Gasteiger partial charge >= 0.3 is 5.97 Å². The van der Waals surface area contributed by atoms with E-state index >= 15 is 0 Å². The Kier molecular flexibility index (Phi) is 4.88. The van der Waals surface area contributed by atoms with Gasteiger partial charge in [-0.2, -0.15) is 0 Å². The number of carbonyl (C=O) groups excluding carboxylic acids is 2. The summed E-state index contributed by atoms with van der Waals surface area (Å²) in [6.45, 7) is 13.6. The molecule has 0 radical (unpaired) electrons. The number of carbonyl (C=O) groups is 2. The lowest BCUT2D eigenvalue weighted by molar-refractivity contribution is -0.275. The van der Waals surface area contributed by atoms with Crippen LogP contribution in [0.15, 0.2) is 12.7 Å². The third-order valence-corrected chi connectivity index (χ3v) is 7.54. The number of Topliss-reactive ketones (excluding diaryl/α,β-unsaturated/α-hetero) is 1. The largest absolute Gasteiger partial charge is 0.465 e. The predicted molar refractivity (Wildman–Crippen MR) is 102 cm³/mol. The van der Waals surface area contributed by atoms with Gasteiger partial charge in [-0.1, -0.05) is 26.3 Å². The van der Waals surface area contributed by atoms with Crippen LogP contribution in [-0.4, -0.2) is 40.8 Å². The van der Waals surface area contributed by atoms with Crippen LogP contribution in [0.2, 0.25) is 0 Å². The summed E-state index contributed by atoms with van der Waals surface area (Å²) in [5.74, 6) is -0.550. The van der Waals surface area contributed by atoms with Crippen LogP contribution >= 0.6 is 0 Å². The average Bonchev–Trinajstić information content (AvgIpc) is 2.50. The molecule has 1 heterocycles. The van der Waals surface area contributed by atoms with E-state index in [2.05, 4.69) is 20.4 Å². The van der Waals surface area contributed by atoms with Gasteiger partial charge in [0.15, 0.2) is 0 Å². The number of rotatable bonds is 3. The number of esters is 1. The zero-order chi connectivity index (χ0) is 20.3. The summed E-state index contributed by atoms with van der Waals surface area (Å²) in [6.07, 6.45) is 4.57. The van der Waals surface area contributed by atoms with E-state index in [9.17, 15) is 14.7 Å². The molecule has 2 aliphatic carbocycles. The second-order valence-electron chi connectivity index (χ2n) is 10.1. The molecule has 0 bridgehead atoms. The minimum absolute atomic E-state index is 0.141. The first-order valence-corrected chi connectivity index (χ1v) is 10.1. The molecule has 0 aromatic heterocycles. The fourth-order valence-corrected chi connectivity index (χ4v) is 6.91. The van der Waals surface area contributed by atoms with E-state index in [1.165, 1.54) is 6.92 Å². The number of hydrogen-bond acceptors (Lipinski definition) is 5. The number of aliphatic hydroxyl groups is 1. The molecule has 27 heavy (non-hydrogen) atoms. The van der Waals surface area contributed by atoms with Crippen molar-refractivity contribution < 1.29 is 24.2 Å². The Morgan fingerprint density at radius 1 is 1.33 bits per heavy atom. The molecule has 5 nitrogen and oxygen atoms in total. The molecule has 2 unspecified atom stereocenters. The standard InChI is InChI=1S/C22H34O5/c1-7-20(4)11-15(24)18-21(5)10-8-9-19(3,13-26-14(2)23)17(21)16(25)12-22(18,6)27-20/h7,15,17-18,24H,1,8-13H2,2-6H3/t15-,17-,18?,19?,20-,21+,22-/m0/s1. The molecule has 5 heteroatoms. The maximum Gasteiger partial charge on any atom is 0.302 e. The minimum atomic E-state index is -0.720. The summed E-state index contributed by atoms with van der Waals surface area (Å²) in [5, 5.41) is 11.2. The van der Waals surface area contributed by atoms with E-state index in [0.29, 0.717) is 6.42 Å². The molecule has 7 atom stereocenters. The van der Waals surface area contributed by atoms with Crippen LogP contribution in [-0.2, 0) is 19.1 Å². The topological polar surface area (TPSA) is 72.8 Å². The van der Waals surface area contributed by atoms with Gasteiger partial charge in [0.25, 0.3) is 0 Å². The van der Waals surface area contributed by atoms with Crippen molar-refractivity contribution in [3.05, 3.63) is 12.7 Å². The first-order valence-electron chi connectivity index (χ1n) is 10.1. The molecule has 0 spiro atoms. The normalized spacial score (nSPS) is 49.7. The Hall–Kier alpha value is -1.20. The molecule has 152 valence electrons. The van der Waals surface area contributed by atoms with Crippen molar-refractivity contribution in [3.63, 3.8) is 0 Å². The first-order chi connectivity index (χ1) is 12.4. The van der Waals surface area contributed by atoms with Crippen molar-refractivity contribution in [2.45, 2.75) is 84.0 Å². The number of ketones is 1. The van der Waals surface area contributed by atoms with E-state index in [1.54, 1.807) is 6.08 Å². The van der Waals surface area contributed by atoms with Gasteiger partial charge < -0.3 is 14.6 Å². The van der Waals surface area contributed by atoms with E-state index in [-0.39, 0.29) is 42.0 Å². The fourth-order valence-electron chi connectivity index (χ4n) is 6.91. The van der Waals surface area contributed by atoms with Gasteiger partial charge in [0.1, 0.15) is 5.78 Å².